The highest BCUT2D eigenvalue weighted by Crippen LogP contribution is 2.35. The van der Waals surface area contributed by atoms with Crippen LogP contribution in [0.5, 0.6) is 0 Å². The smallest absolute Gasteiger partial charge is 0.341 e. The van der Waals surface area contributed by atoms with Crippen LogP contribution in [0.2, 0.25) is 0 Å². The average molecular weight is 334 g/mol. The number of benzene rings is 1. The number of hydrogen-bond donors (Lipinski definition) is 1. The Labute approximate surface area is 123 Å². The minimum Gasteiger partial charge on any atom is -0.477 e. The van der Waals surface area contributed by atoms with Gasteiger partial charge in [0.15, 0.2) is 5.43 Å². The van der Waals surface area contributed by atoms with Crippen molar-refractivity contribution >= 4 is 21.9 Å². The molecule has 2 heterocycles. The van der Waals surface area contributed by atoms with Crippen molar-refractivity contribution in [2.45, 2.75) is 19.4 Å². The quantitative estimate of drug-likeness (QED) is 0.872. The zero-order chi connectivity index (χ0) is 14.4. The number of carbonyl (C=O) groups is 1. The van der Waals surface area contributed by atoms with Gasteiger partial charge >= 0.3 is 5.97 Å². The van der Waals surface area contributed by atoms with Gasteiger partial charge in [0.2, 0.25) is 0 Å². The summed E-state index contributed by atoms with van der Waals surface area (Å²) in [6.45, 7) is 2.02. The van der Waals surface area contributed by atoms with Gasteiger partial charge in [-0.1, -0.05) is 22.0 Å². The van der Waals surface area contributed by atoms with Gasteiger partial charge in [-0.05, 0) is 31.0 Å². The molecule has 0 saturated heterocycles. The van der Waals surface area contributed by atoms with Crippen LogP contribution in [-0.2, 0) is 6.42 Å². The molecule has 5 heteroatoms. The van der Waals surface area contributed by atoms with Gasteiger partial charge in [-0.2, -0.15) is 0 Å². The molecule has 1 aromatic carbocycles. The van der Waals surface area contributed by atoms with Gasteiger partial charge in [-0.25, -0.2) is 4.79 Å². The van der Waals surface area contributed by atoms with Crippen LogP contribution in [0.15, 0.2) is 39.7 Å². The second kappa shape index (κ2) is 4.59. The number of pyridine rings is 1. The second-order valence-corrected chi connectivity index (χ2v) is 5.92. The van der Waals surface area contributed by atoms with E-state index in [0.29, 0.717) is 0 Å². The maximum atomic E-state index is 11.9. The first kappa shape index (κ1) is 13.1. The van der Waals surface area contributed by atoms with Gasteiger partial charge in [-0.3, -0.25) is 4.79 Å². The summed E-state index contributed by atoms with van der Waals surface area (Å²) in [6.07, 6.45) is 2.26. The van der Waals surface area contributed by atoms with E-state index in [4.69, 9.17) is 5.11 Å². The molecule has 0 spiro atoms. The lowest BCUT2D eigenvalue weighted by Crippen LogP contribution is -2.24. The lowest BCUT2D eigenvalue weighted by atomic mass is 9.93. The third-order valence-corrected chi connectivity index (χ3v) is 4.14. The number of rotatable bonds is 1. The summed E-state index contributed by atoms with van der Waals surface area (Å²) < 4.78 is 2.88. The molecule has 2 aromatic rings. The highest BCUT2D eigenvalue weighted by atomic mass is 79.9. The van der Waals surface area contributed by atoms with Crippen molar-refractivity contribution in [3.63, 3.8) is 0 Å². The lowest BCUT2D eigenvalue weighted by molar-refractivity contribution is 0.0694. The normalized spacial score (nSPS) is 16.4. The Kier molecular flexibility index (Phi) is 3.01. The molecule has 1 aromatic heterocycles. The molecule has 0 unspecified atom stereocenters. The minimum atomic E-state index is -1.18. The van der Waals surface area contributed by atoms with Crippen LogP contribution < -0.4 is 5.43 Å². The summed E-state index contributed by atoms with van der Waals surface area (Å²) in [5.41, 5.74) is 2.30. The van der Waals surface area contributed by atoms with E-state index in [0.717, 1.165) is 27.7 Å². The van der Waals surface area contributed by atoms with Crippen LogP contribution >= 0.6 is 15.9 Å². The topological polar surface area (TPSA) is 59.3 Å². The number of aromatic nitrogens is 1. The molecule has 20 heavy (non-hydrogen) atoms. The van der Waals surface area contributed by atoms with Crippen molar-refractivity contribution in [3.8, 4) is 11.3 Å². The van der Waals surface area contributed by atoms with Gasteiger partial charge in [0.05, 0.1) is 5.69 Å². The van der Waals surface area contributed by atoms with Crippen molar-refractivity contribution in [3.05, 3.63) is 56.3 Å². The number of fused-ring (bicyclic) bond motifs is 3. The summed E-state index contributed by atoms with van der Waals surface area (Å²) >= 11 is 3.45. The first-order chi connectivity index (χ1) is 9.47. The molecule has 0 saturated carbocycles. The molecule has 102 valence electrons. The van der Waals surface area contributed by atoms with Crippen molar-refractivity contribution in [1.29, 1.82) is 0 Å². The first-order valence-electron chi connectivity index (χ1n) is 6.25. The van der Waals surface area contributed by atoms with E-state index in [9.17, 15) is 9.59 Å². The Morgan fingerprint density at radius 3 is 2.85 bits per heavy atom. The Hall–Kier alpha value is -1.88. The van der Waals surface area contributed by atoms with Crippen molar-refractivity contribution in [2.24, 2.45) is 0 Å². The van der Waals surface area contributed by atoms with E-state index in [1.54, 1.807) is 0 Å². The first-order valence-corrected chi connectivity index (χ1v) is 7.05. The van der Waals surface area contributed by atoms with E-state index < -0.39 is 11.4 Å². The molecule has 3 rings (SSSR count). The van der Waals surface area contributed by atoms with Crippen LogP contribution in [-0.4, -0.2) is 15.6 Å². The molecule has 0 fully saturated rings. The molecule has 1 N–H and O–H groups in total. The fraction of sp³-hybridized carbons (Fsp3) is 0.200. The highest BCUT2D eigenvalue weighted by molar-refractivity contribution is 9.10. The van der Waals surface area contributed by atoms with Crippen molar-refractivity contribution < 1.29 is 9.90 Å². The Balaban J connectivity index is 2.30. The predicted molar refractivity (Wildman–Crippen MR) is 79.2 cm³/mol. The highest BCUT2D eigenvalue weighted by Gasteiger charge is 2.23. The summed E-state index contributed by atoms with van der Waals surface area (Å²) in [7, 11) is 0. The number of aromatic carboxylic acids is 1. The maximum Gasteiger partial charge on any atom is 0.341 e. The number of carboxylic acid groups (broad SMARTS) is 1. The Bertz CT molecular complexity index is 779. The molecule has 0 radical (unpaired) electrons. The van der Waals surface area contributed by atoms with E-state index in [1.165, 1.54) is 12.3 Å². The van der Waals surface area contributed by atoms with Gasteiger partial charge in [0.25, 0.3) is 0 Å². The zero-order valence-corrected chi connectivity index (χ0v) is 12.3. The van der Waals surface area contributed by atoms with E-state index in [1.807, 2.05) is 29.7 Å². The Morgan fingerprint density at radius 2 is 2.15 bits per heavy atom. The number of hydrogen-bond acceptors (Lipinski definition) is 2. The van der Waals surface area contributed by atoms with Crippen LogP contribution in [0.1, 0.15) is 28.9 Å². The number of carboxylic acids is 1. The van der Waals surface area contributed by atoms with Gasteiger partial charge in [0, 0.05) is 28.3 Å². The van der Waals surface area contributed by atoms with Crippen LogP contribution in [0.3, 0.4) is 0 Å². The third kappa shape index (κ3) is 1.98. The maximum absolute atomic E-state index is 11.9. The summed E-state index contributed by atoms with van der Waals surface area (Å²) in [6, 6.07) is 7.47. The molecule has 0 bridgehead atoms. The minimum absolute atomic E-state index is 0.116. The van der Waals surface area contributed by atoms with Crippen LogP contribution in [0.4, 0.5) is 0 Å². The summed E-state index contributed by atoms with van der Waals surface area (Å²) in [4.78, 5) is 23.0. The molecule has 4 nitrogen and oxygen atoms in total. The van der Waals surface area contributed by atoms with Gasteiger partial charge < -0.3 is 9.67 Å². The molecule has 0 aliphatic carbocycles. The SMILES string of the molecule is C[C@@H]1Cc2cc(Br)ccc2-c2cc(=O)c(C(=O)O)cn21. The number of halogens is 1. The zero-order valence-electron chi connectivity index (χ0n) is 10.8. The Morgan fingerprint density at radius 1 is 1.40 bits per heavy atom. The van der Waals surface area contributed by atoms with E-state index in [-0.39, 0.29) is 11.6 Å². The van der Waals surface area contributed by atoms with E-state index in [2.05, 4.69) is 15.9 Å². The monoisotopic (exact) mass is 333 g/mol. The summed E-state index contributed by atoms with van der Waals surface area (Å²) in [5.74, 6) is -1.18. The van der Waals surface area contributed by atoms with Crippen LogP contribution in [0, 0.1) is 0 Å². The third-order valence-electron chi connectivity index (χ3n) is 3.64. The van der Waals surface area contributed by atoms with Gasteiger partial charge in [0.1, 0.15) is 5.56 Å². The van der Waals surface area contributed by atoms with Crippen LogP contribution in [0.25, 0.3) is 11.3 Å². The molecular formula is C15H12BrNO3. The standard InChI is InChI=1S/C15H12BrNO3/c1-8-4-9-5-10(16)2-3-11(9)13-6-14(18)12(15(19)20)7-17(8)13/h2-3,5-8H,4H2,1H3,(H,19,20)/t8-/m1/s1. The molecular weight excluding hydrogens is 322 g/mol. The van der Waals surface area contributed by atoms with Crippen molar-refractivity contribution in [1.82, 2.24) is 4.57 Å². The fourth-order valence-corrected chi connectivity index (χ4v) is 3.10. The number of nitrogens with zero attached hydrogens (tertiary/aromatic N) is 1. The molecule has 1 atom stereocenters. The lowest BCUT2D eigenvalue weighted by Gasteiger charge is -2.28. The molecule has 1 aliphatic heterocycles. The van der Waals surface area contributed by atoms with Gasteiger partial charge in [-0.15, -0.1) is 0 Å². The second-order valence-electron chi connectivity index (χ2n) is 5.00. The molecule has 1 aliphatic rings. The van der Waals surface area contributed by atoms with Crippen molar-refractivity contribution in [2.75, 3.05) is 0 Å². The average Bonchev–Trinajstić information content (AvgIpc) is 2.37. The molecule has 0 amide bonds. The fourth-order valence-electron chi connectivity index (χ4n) is 2.69. The summed E-state index contributed by atoms with van der Waals surface area (Å²) in [5, 5.41) is 9.07. The van der Waals surface area contributed by atoms with E-state index >= 15 is 0 Å². The predicted octanol–water partition coefficient (Wildman–Crippen LogP) is 3.09. The largest absolute Gasteiger partial charge is 0.477 e.